The second-order valence-corrected chi connectivity index (χ2v) is 4.45. The number of carbonyl (C=O) groups is 2. The molecule has 2 heterocycles. The van der Waals surface area contributed by atoms with E-state index in [4.69, 9.17) is 0 Å². The third-order valence-corrected chi connectivity index (χ3v) is 2.94. The van der Waals surface area contributed by atoms with Gasteiger partial charge in [-0.3, -0.25) is 9.59 Å². The normalized spacial score (nSPS) is 10.5. The Hall–Kier alpha value is -3.09. The second-order valence-electron chi connectivity index (χ2n) is 4.45. The molecule has 1 amide bonds. The average molecular weight is 281 g/mol. The minimum Gasteiger partial charge on any atom is -0.321 e. The van der Waals surface area contributed by atoms with Crippen LogP contribution < -0.4 is 5.32 Å². The summed E-state index contributed by atoms with van der Waals surface area (Å²) in [6.07, 6.45) is 0. The first-order valence-corrected chi connectivity index (χ1v) is 6.23. The number of benzene rings is 1. The van der Waals surface area contributed by atoms with E-state index < -0.39 is 0 Å². The minimum absolute atomic E-state index is 0.0618. The maximum absolute atomic E-state index is 12.1. The van der Waals surface area contributed by atoms with E-state index in [-0.39, 0.29) is 17.4 Å². The number of Topliss-reactive ketones (excluding diaryl/α,β-unsaturated/α-hetero) is 1. The average Bonchev–Trinajstić information content (AvgIpc) is 2.94. The van der Waals surface area contributed by atoms with Crippen molar-refractivity contribution in [3.05, 3.63) is 47.7 Å². The van der Waals surface area contributed by atoms with Crippen LogP contribution >= 0.6 is 0 Å². The van der Waals surface area contributed by atoms with E-state index in [1.165, 1.54) is 6.92 Å². The van der Waals surface area contributed by atoms with Gasteiger partial charge in [-0.25, -0.2) is 4.98 Å². The molecular weight excluding hydrogens is 270 g/mol. The molecule has 0 fully saturated rings. The molecule has 0 aliphatic carbocycles. The molecular formula is C14H11N5O2. The van der Waals surface area contributed by atoms with Crippen LogP contribution in [0.15, 0.2) is 36.4 Å². The Morgan fingerprint density at radius 3 is 2.81 bits per heavy atom. The zero-order valence-corrected chi connectivity index (χ0v) is 11.1. The van der Waals surface area contributed by atoms with Crippen molar-refractivity contribution in [2.45, 2.75) is 6.92 Å². The first-order valence-electron chi connectivity index (χ1n) is 6.23. The van der Waals surface area contributed by atoms with Crippen LogP contribution in [0, 0.1) is 0 Å². The Bertz CT molecular complexity index is 840. The van der Waals surface area contributed by atoms with E-state index in [1.807, 2.05) is 0 Å². The topological polar surface area (TPSA) is 101 Å². The summed E-state index contributed by atoms with van der Waals surface area (Å²) in [7, 11) is 0. The van der Waals surface area contributed by atoms with Crippen LogP contribution in [0.2, 0.25) is 0 Å². The molecule has 2 N–H and O–H groups in total. The predicted octanol–water partition coefficient (Wildman–Crippen LogP) is 1.81. The number of nitrogens with zero attached hydrogens (tertiary/aromatic N) is 3. The van der Waals surface area contributed by atoms with Crippen molar-refractivity contribution in [3.63, 3.8) is 0 Å². The summed E-state index contributed by atoms with van der Waals surface area (Å²) in [5, 5.41) is 12.8. The van der Waals surface area contributed by atoms with E-state index in [1.54, 1.807) is 36.4 Å². The Morgan fingerprint density at radius 1 is 1.14 bits per heavy atom. The van der Waals surface area contributed by atoms with Gasteiger partial charge in [0, 0.05) is 11.3 Å². The molecule has 0 bridgehead atoms. The SMILES string of the molecule is CC(=O)c1cccc(NC(=O)c2ccc3n[nH]nc3n2)c1. The molecule has 0 aliphatic rings. The fourth-order valence-corrected chi connectivity index (χ4v) is 1.87. The summed E-state index contributed by atoms with van der Waals surface area (Å²) < 4.78 is 0. The molecule has 21 heavy (non-hydrogen) atoms. The molecule has 3 aromatic rings. The third kappa shape index (κ3) is 2.62. The molecule has 0 radical (unpaired) electrons. The summed E-state index contributed by atoms with van der Waals surface area (Å²) in [6.45, 7) is 1.47. The van der Waals surface area contributed by atoms with Gasteiger partial charge < -0.3 is 5.32 Å². The van der Waals surface area contributed by atoms with E-state index in [2.05, 4.69) is 25.7 Å². The molecule has 3 rings (SSSR count). The van der Waals surface area contributed by atoms with E-state index in [0.29, 0.717) is 22.4 Å². The van der Waals surface area contributed by atoms with Crippen LogP contribution in [-0.2, 0) is 0 Å². The van der Waals surface area contributed by atoms with Crippen molar-refractivity contribution in [2.75, 3.05) is 5.32 Å². The number of pyridine rings is 1. The quantitative estimate of drug-likeness (QED) is 0.713. The molecule has 2 aromatic heterocycles. The van der Waals surface area contributed by atoms with Crippen molar-refractivity contribution >= 4 is 28.5 Å². The summed E-state index contributed by atoms with van der Waals surface area (Å²) >= 11 is 0. The number of amides is 1. The van der Waals surface area contributed by atoms with Crippen LogP contribution in [0.4, 0.5) is 5.69 Å². The molecule has 7 heteroatoms. The Balaban J connectivity index is 1.85. The molecule has 0 aliphatic heterocycles. The lowest BCUT2D eigenvalue weighted by molar-refractivity contribution is 0.100. The lowest BCUT2D eigenvalue weighted by Crippen LogP contribution is -2.14. The summed E-state index contributed by atoms with van der Waals surface area (Å²) in [5.74, 6) is -0.436. The van der Waals surface area contributed by atoms with Crippen molar-refractivity contribution < 1.29 is 9.59 Å². The van der Waals surface area contributed by atoms with Gasteiger partial charge in [0.05, 0.1) is 0 Å². The van der Waals surface area contributed by atoms with Crippen LogP contribution in [0.5, 0.6) is 0 Å². The van der Waals surface area contributed by atoms with Crippen LogP contribution in [0.1, 0.15) is 27.8 Å². The number of rotatable bonds is 3. The number of hydrogen-bond donors (Lipinski definition) is 2. The number of hydrogen-bond acceptors (Lipinski definition) is 5. The first kappa shape index (κ1) is 12.9. The smallest absolute Gasteiger partial charge is 0.274 e. The fraction of sp³-hybridized carbons (Fsp3) is 0.0714. The van der Waals surface area contributed by atoms with Crippen molar-refractivity contribution in [3.8, 4) is 0 Å². The predicted molar refractivity (Wildman–Crippen MR) is 76.1 cm³/mol. The van der Waals surface area contributed by atoms with Crippen LogP contribution in [0.3, 0.4) is 0 Å². The number of carbonyl (C=O) groups excluding carboxylic acids is 2. The first-order chi connectivity index (χ1) is 10.1. The lowest BCUT2D eigenvalue weighted by Gasteiger charge is -2.05. The highest BCUT2D eigenvalue weighted by Crippen LogP contribution is 2.13. The van der Waals surface area contributed by atoms with Gasteiger partial charge >= 0.3 is 0 Å². The van der Waals surface area contributed by atoms with Crippen LogP contribution in [0.25, 0.3) is 11.2 Å². The Morgan fingerprint density at radius 2 is 2.00 bits per heavy atom. The third-order valence-electron chi connectivity index (χ3n) is 2.94. The van der Waals surface area contributed by atoms with Gasteiger partial charge in [0.25, 0.3) is 5.91 Å². The van der Waals surface area contributed by atoms with Crippen LogP contribution in [-0.4, -0.2) is 32.1 Å². The molecule has 0 atom stereocenters. The van der Waals surface area contributed by atoms with Gasteiger partial charge in [-0.1, -0.05) is 12.1 Å². The fourth-order valence-electron chi connectivity index (χ4n) is 1.87. The molecule has 1 aromatic carbocycles. The highest BCUT2D eigenvalue weighted by Gasteiger charge is 2.11. The number of nitrogens with one attached hydrogen (secondary N) is 2. The van der Waals surface area contributed by atoms with Gasteiger partial charge in [-0.05, 0) is 31.2 Å². The Labute approximate surface area is 119 Å². The largest absolute Gasteiger partial charge is 0.321 e. The summed E-state index contributed by atoms with van der Waals surface area (Å²) in [6, 6.07) is 9.95. The summed E-state index contributed by atoms with van der Waals surface area (Å²) in [4.78, 5) is 27.6. The molecule has 7 nitrogen and oxygen atoms in total. The molecule has 0 saturated carbocycles. The van der Waals surface area contributed by atoms with Gasteiger partial charge in [0.1, 0.15) is 11.2 Å². The van der Waals surface area contributed by atoms with E-state index >= 15 is 0 Å². The van der Waals surface area contributed by atoms with E-state index in [0.717, 1.165) is 0 Å². The monoisotopic (exact) mass is 281 g/mol. The van der Waals surface area contributed by atoms with Gasteiger partial charge in [-0.2, -0.15) is 10.3 Å². The molecule has 0 unspecified atom stereocenters. The summed E-state index contributed by atoms with van der Waals surface area (Å²) in [5.41, 5.74) is 2.26. The highest BCUT2D eigenvalue weighted by molar-refractivity contribution is 6.04. The lowest BCUT2D eigenvalue weighted by atomic mass is 10.1. The Kier molecular flexibility index (Phi) is 3.15. The number of H-pyrrole nitrogens is 1. The number of aromatic amines is 1. The van der Waals surface area contributed by atoms with Crippen molar-refractivity contribution in [1.29, 1.82) is 0 Å². The second kappa shape index (κ2) is 5.12. The zero-order chi connectivity index (χ0) is 14.8. The zero-order valence-electron chi connectivity index (χ0n) is 11.1. The minimum atomic E-state index is -0.374. The highest BCUT2D eigenvalue weighted by atomic mass is 16.2. The maximum atomic E-state index is 12.1. The van der Waals surface area contributed by atoms with E-state index in [9.17, 15) is 9.59 Å². The van der Waals surface area contributed by atoms with Crippen molar-refractivity contribution in [1.82, 2.24) is 20.4 Å². The molecule has 0 saturated heterocycles. The number of aromatic nitrogens is 4. The number of fused-ring (bicyclic) bond motifs is 1. The van der Waals surface area contributed by atoms with Crippen molar-refractivity contribution in [2.24, 2.45) is 0 Å². The van der Waals surface area contributed by atoms with Gasteiger partial charge in [0.15, 0.2) is 5.78 Å². The number of ketones is 1. The van der Waals surface area contributed by atoms with Gasteiger partial charge in [0.2, 0.25) is 5.65 Å². The molecule has 104 valence electrons. The maximum Gasteiger partial charge on any atom is 0.274 e. The molecule has 0 spiro atoms. The van der Waals surface area contributed by atoms with Gasteiger partial charge in [-0.15, -0.1) is 5.10 Å². The standard InChI is InChI=1S/C14H11N5O2/c1-8(20)9-3-2-4-10(7-9)15-14(21)12-6-5-11-13(16-12)18-19-17-11/h2-7H,1H3,(H,15,21)(H,16,17,18,19). The number of anilines is 1.